The van der Waals surface area contributed by atoms with Crippen LogP contribution in [0, 0.1) is 5.92 Å². The zero-order valence-electron chi connectivity index (χ0n) is 12.6. The van der Waals surface area contributed by atoms with Gasteiger partial charge in [-0.05, 0) is 49.2 Å². The molecule has 0 aliphatic heterocycles. The third-order valence-electron chi connectivity index (χ3n) is 4.01. The number of benzene rings is 2. The monoisotopic (exact) mass is 296 g/mol. The van der Waals surface area contributed by atoms with Crippen LogP contribution in [0.2, 0.25) is 0 Å². The molecule has 0 saturated heterocycles. The molecule has 1 amide bonds. The highest BCUT2D eigenvalue weighted by atomic mass is 16.5. The summed E-state index contributed by atoms with van der Waals surface area (Å²) in [5.74, 6) is 1.13. The topological polar surface area (TPSA) is 50.4 Å². The summed E-state index contributed by atoms with van der Waals surface area (Å²) in [5.41, 5.74) is 2.70. The number of hydrogen-bond acceptors (Lipinski definition) is 3. The van der Waals surface area contributed by atoms with Crippen LogP contribution in [0.25, 0.3) is 0 Å². The number of carbonyl (C=O) groups is 1. The van der Waals surface area contributed by atoms with Gasteiger partial charge in [0, 0.05) is 17.3 Å². The van der Waals surface area contributed by atoms with Crippen LogP contribution in [0.1, 0.15) is 19.3 Å². The maximum atomic E-state index is 11.9. The summed E-state index contributed by atoms with van der Waals surface area (Å²) < 4.78 is 5.32. The zero-order valence-corrected chi connectivity index (χ0v) is 12.6. The predicted octanol–water partition coefficient (Wildman–Crippen LogP) is 4.18. The lowest BCUT2D eigenvalue weighted by Gasteiger charge is -2.24. The van der Waals surface area contributed by atoms with E-state index in [2.05, 4.69) is 10.6 Å². The van der Waals surface area contributed by atoms with E-state index in [0.29, 0.717) is 0 Å². The maximum absolute atomic E-state index is 11.9. The Morgan fingerprint density at radius 3 is 2.36 bits per heavy atom. The Balaban J connectivity index is 1.65. The van der Waals surface area contributed by atoms with Crippen LogP contribution in [0.3, 0.4) is 0 Å². The van der Waals surface area contributed by atoms with E-state index in [1.54, 1.807) is 7.11 Å². The van der Waals surface area contributed by atoms with E-state index in [0.717, 1.165) is 35.7 Å². The van der Waals surface area contributed by atoms with Crippen molar-refractivity contribution in [3.8, 4) is 5.75 Å². The molecule has 1 aliphatic carbocycles. The molecule has 3 rings (SSSR count). The molecule has 0 heterocycles. The van der Waals surface area contributed by atoms with Gasteiger partial charge in [-0.15, -0.1) is 0 Å². The molecule has 114 valence electrons. The quantitative estimate of drug-likeness (QED) is 0.870. The van der Waals surface area contributed by atoms with E-state index in [4.69, 9.17) is 4.74 Å². The lowest BCUT2D eigenvalue weighted by molar-refractivity contribution is -0.122. The molecular weight excluding hydrogens is 276 g/mol. The molecule has 2 aromatic rings. The van der Waals surface area contributed by atoms with Crippen LogP contribution in [0.5, 0.6) is 5.75 Å². The van der Waals surface area contributed by atoms with E-state index < -0.39 is 0 Å². The third kappa shape index (κ3) is 3.22. The third-order valence-corrected chi connectivity index (χ3v) is 4.01. The Hall–Kier alpha value is -2.49. The fourth-order valence-electron chi connectivity index (χ4n) is 2.46. The minimum Gasteiger partial charge on any atom is -0.495 e. The van der Waals surface area contributed by atoms with Crippen molar-refractivity contribution in [2.24, 2.45) is 5.92 Å². The summed E-state index contributed by atoms with van der Waals surface area (Å²) in [4.78, 5) is 11.9. The first-order chi connectivity index (χ1) is 10.8. The molecule has 2 aromatic carbocycles. The van der Waals surface area contributed by atoms with E-state index in [1.807, 2.05) is 48.5 Å². The minimum atomic E-state index is 0.136. The molecule has 1 fully saturated rings. The highest BCUT2D eigenvalue weighted by Gasteiger charge is 2.24. The van der Waals surface area contributed by atoms with Crippen molar-refractivity contribution >= 4 is 23.0 Å². The van der Waals surface area contributed by atoms with Gasteiger partial charge in [0.15, 0.2) is 0 Å². The van der Waals surface area contributed by atoms with E-state index in [1.165, 1.54) is 6.42 Å². The molecule has 0 unspecified atom stereocenters. The van der Waals surface area contributed by atoms with Crippen LogP contribution < -0.4 is 15.4 Å². The normalized spacial score (nSPS) is 14.0. The van der Waals surface area contributed by atoms with Crippen LogP contribution in [-0.4, -0.2) is 13.0 Å². The van der Waals surface area contributed by atoms with Gasteiger partial charge in [-0.1, -0.05) is 18.6 Å². The number of nitrogens with one attached hydrogen (secondary N) is 2. The van der Waals surface area contributed by atoms with Crippen molar-refractivity contribution in [2.75, 3.05) is 17.7 Å². The van der Waals surface area contributed by atoms with Crippen molar-refractivity contribution in [3.05, 3.63) is 48.5 Å². The molecule has 4 nitrogen and oxygen atoms in total. The number of carbonyl (C=O) groups excluding carboxylic acids is 1. The summed E-state index contributed by atoms with van der Waals surface area (Å²) in [6, 6.07) is 15.5. The maximum Gasteiger partial charge on any atom is 0.227 e. The average Bonchev–Trinajstić information content (AvgIpc) is 2.48. The molecule has 0 radical (unpaired) electrons. The molecule has 22 heavy (non-hydrogen) atoms. The number of para-hydroxylation sites is 2. The molecule has 0 bridgehead atoms. The first-order valence-electron chi connectivity index (χ1n) is 7.57. The average molecular weight is 296 g/mol. The van der Waals surface area contributed by atoms with Gasteiger partial charge < -0.3 is 15.4 Å². The molecule has 1 saturated carbocycles. The van der Waals surface area contributed by atoms with E-state index >= 15 is 0 Å². The van der Waals surface area contributed by atoms with Gasteiger partial charge in [-0.3, -0.25) is 4.79 Å². The van der Waals surface area contributed by atoms with Gasteiger partial charge in [0.05, 0.1) is 12.8 Å². The van der Waals surface area contributed by atoms with Gasteiger partial charge in [-0.25, -0.2) is 0 Å². The number of hydrogen-bond donors (Lipinski definition) is 2. The van der Waals surface area contributed by atoms with Crippen LogP contribution >= 0.6 is 0 Å². The summed E-state index contributed by atoms with van der Waals surface area (Å²) in [6.07, 6.45) is 3.19. The van der Waals surface area contributed by atoms with E-state index in [-0.39, 0.29) is 11.8 Å². The fraction of sp³-hybridized carbons (Fsp3) is 0.278. The first-order valence-corrected chi connectivity index (χ1v) is 7.57. The minimum absolute atomic E-state index is 0.136. The Kier molecular flexibility index (Phi) is 4.28. The molecule has 0 spiro atoms. The van der Waals surface area contributed by atoms with Crippen LogP contribution in [0.4, 0.5) is 17.1 Å². The Labute approximate surface area is 130 Å². The number of anilines is 3. The van der Waals surface area contributed by atoms with Crippen molar-refractivity contribution in [1.82, 2.24) is 0 Å². The molecule has 2 N–H and O–H groups in total. The van der Waals surface area contributed by atoms with Crippen molar-refractivity contribution in [3.63, 3.8) is 0 Å². The van der Waals surface area contributed by atoms with Gasteiger partial charge >= 0.3 is 0 Å². The van der Waals surface area contributed by atoms with Crippen molar-refractivity contribution < 1.29 is 9.53 Å². The second-order valence-corrected chi connectivity index (χ2v) is 5.52. The summed E-state index contributed by atoms with van der Waals surface area (Å²) in [7, 11) is 1.65. The Morgan fingerprint density at radius 1 is 1.05 bits per heavy atom. The number of rotatable bonds is 5. The van der Waals surface area contributed by atoms with Crippen molar-refractivity contribution in [2.45, 2.75) is 19.3 Å². The summed E-state index contributed by atoms with van der Waals surface area (Å²) >= 11 is 0. The molecular formula is C18H20N2O2. The second-order valence-electron chi connectivity index (χ2n) is 5.52. The van der Waals surface area contributed by atoms with Gasteiger partial charge in [-0.2, -0.15) is 0 Å². The smallest absolute Gasteiger partial charge is 0.227 e. The number of amides is 1. The zero-order chi connectivity index (χ0) is 15.4. The number of methoxy groups -OCH3 is 1. The largest absolute Gasteiger partial charge is 0.495 e. The van der Waals surface area contributed by atoms with Crippen LogP contribution in [0.15, 0.2) is 48.5 Å². The van der Waals surface area contributed by atoms with Gasteiger partial charge in [0.1, 0.15) is 5.75 Å². The predicted molar refractivity (Wildman–Crippen MR) is 88.7 cm³/mol. The van der Waals surface area contributed by atoms with Crippen molar-refractivity contribution in [1.29, 1.82) is 0 Å². The molecule has 1 aliphatic rings. The SMILES string of the molecule is COc1ccccc1Nc1ccc(NC(=O)C2CCC2)cc1. The molecule has 0 atom stereocenters. The Bertz CT molecular complexity index is 648. The van der Waals surface area contributed by atoms with E-state index in [9.17, 15) is 4.79 Å². The lowest BCUT2D eigenvalue weighted by Crippen LogP contribution is -2.27. The molecule has 0 aromatic heterocycles. The second kappa shape index (κ2) is 6.52. The Morgan fingerprint density at radius 2 is 1.73 bits per heavy atom. The standard InChI is InChI=1S/C18H20N2O2/c1-22-17-8-3-2-7-16(17)19-14-9-11-15(12-10-14)20-18(21)13-5-4-6-13/h2-3,7-13,19H,4-6H2,1H3,(H,20,21). The lowest BCUT2D eigenvalue weighted by atomic mass is 9.85. The summed E-state index contributed by atoms with van der Waals surface area (Å²) in [5, 5.41) is 6.28. The highest BCUT2D eigenvalue weighted by molar-refractivity contribution is 5.93. The fourth-order valence-corrected chi connectivity index (χ4v) is 2.46. The van der Waals surface area contributed by atoms with Gasteiger partial charge in [0.25, 0.3) is 0 Å². The highest BCUT2D eigenvalue weighted by Crippen LogP contribution is 2.29. The summed E-state index contributed by atoms with van der Waals surface area (Å²) in [6.45, 7) is 0. The van der Waals surface area contributed by atoms with Crippen LogP contribution in [-0.2, 0) is 4.79 Å². The van der Waals surface area contributed by atoms with Gasteiger partial charge in [0.2, 0.25) is 5.91 Å². The first kappa shape index (κ1) is 14.4. The molecule has 4 heteroatoms. The number of ether oxygens (including phenoxy) is 1.